The molecule has 0 unspecified atom stereocenters. The van der Waals surface area contributed by atoms with E-state index in [0.29, 0.717) is 29.2 Å². The lowest BCUT2D eigenvalue weighted by molar-refractivity contribution is 0.101. The van der Waals surface area contributed by atoms with E-state index in [9.17, 15) is 4.79 Å². The van der Waals surface area contributed by atoms with Gasteiger partial charge in [0.2, 0.25) is 0 Å². The fourth-order valence-corrected chi connectivity index (χ4v) is 2.46. The molecule has 0 saturated carbocycles. The Balaban J connectivity index is 2.28. The summed E-state index contributed by atoms with van der Waals surface area (Å²) in [7, 11) is 3.27. The molecule has 1 aromatic heterocycles. The second-order valence-electron chi connectivity index (χ2n) is 4.49. The van der Waals surface area contributed by atoms with Crippen molar-refractivity contribution in [2.24, 2.45) is 7.05 Å². The number of aryl methyl sites for hydroxylation is 2. The summed E-state index contributed by atoms with van der Waals surface area (Å²) >= 11 is 3.37. The van der Waals surface area contributed by atoms with Gasteiger partial charge in [0.05, 0.1) is 23.0 Å². The number of nitrogens with two attached hydrogens (primary N) is 1. The van der Waals surface area contributed by atoms with Crippen molar-refractivity contribution in [2.45, 2.75) is 13.3 Å². The van der Waals surface area contributed by atoms with Crippen LogP contribution in [0.2, 0.25) is 0 Å². The maximum atomic E-state index is 12.4. The van der Waals surface area contributed by atoms with E-state index in [2.05, 4.69) is 26.3 Å². The number of halogens is 1. The number of benzene rings is 1. The molecule has 2 aromatic rings. The molecule has 7 heteroatoms. The zero-order chi connectivity index (χ0) is 15.6. The zero-order valence-electron chi connectivity index (χ0n) is 12.1. The number of aromatic nitrogens is 2. The molecule has 6 nitrogen and oxygen atoms in total. The third-order valence-corrected chi connectivity index (χ3v) is 3.77. The monoisotopic (exact) mass is 352 g/mol. The normalized spacial score (nSPS) is 10.5. The Morgan fingerprint density at radius 1 is 1.52 bits per heavy atom. The van der Waals surface area contributed by atoms with Gasteiger partial charge in [-0.1, -0.05) is 6.92 Å². The van der Waals surface area contributed by atoms with Crippen molar-refractivity contribution >= 4 is 33.2 Å². The quantitative estimate of drug-likeness (QED) is 0.885. The van der Waals surface area contributed by atoms with Gasteiger partial charge in [-0.3, -0.25) is 9.48 Å². The van der Waals surface area contributed by atoms with Crippen molar-refractivity contribution in [2.75, 3.05) is 18.2 Å². The molecule has 21 heavy (non-hydrogen) atoms. The van der Waals surface area contributed by atoms with E-state index in [-0.39, 0.29) is 5.91 Å². The fraction of sp³-hybridized carbons (Fsp3) is 0.286. The smallest absolute Gasteiger partial charge is 0.276 e. The number of nitrogens with one attached hydrogen (secondary N) is 1. The number of rotatable bonds is 4. The summed E-state index contributed by atoms with van der Waals surface area (Å²) in [5.74, 6) is 0.339. The van der Waals surface area contributed by atoms with E-state index in [1.165, 1.54) is 4.68 Å². The second-order valence-corrected chi connectivity index (χ2v) is 5.34. The molecule has 0 fully saturated rings. The predicted octanol–water partition coefficient (Wildman–Crippen LogP) is 2.59. The van der Waals surface area contributed by atoms with Crippen LogP contribution in [0.3, 0.4) is 0 Å². The van der Waals surface area contributed by atoms with Crippen LogP contribution in [0, 0.1) is 0 Å². The van der Waals surface area contributed by atoms with E-state index in [1.807, 2.05) is 6.92 Å². The van der Waals surface area contributed by atoms with Gasteiger partial charge < -0.3 is 15.8 Å². The molecular formula is C14H17BrN4O2. The number of hydrogen-bond donors (Lipinski definition) is 2. The van der Waals surface area contributed by atoms with Crippen molar-refractivity contribution < 1.29 is 9.53 Å². The van der Waals surface area contributed by atoms with Crippen LogP contribution in [-0.2, 0) is 13.5 Å². The van der Waals surface area contributed by atoms with Crippen molar-refractivity contribution in [3.63, 3.8) is 0 Å². The molecule has 112 valence electrons. The Kier molecular flexibility index (Phi) is 4.52. The Morgan fingerprint density at radius 3 is 2.81 bits per heavy atom. The van der Waals surface area contributed by atoms with E-state index in [4.69, 9.17) is 10.5 Å². The average Bonchev–Trinajstić information content (AvgIpc) is 2.75. The highest BCUT2D eigenvalue weighted by atomic mass is 79.9. The van der Waals surface area contributed by atoms with Gasteiger partial charge in [-0.2, -0.15) is 5.10 Å². The first kappa shape index (κ1) is 15.4. The lowest BCUT2D eigenvalue weighted by Gasteiger charge is -2.09. The standard InChI is InChI=1S/C14H17BrN4O2/c1-4-10-12(16)13(19(2)18-10)14(20)17-8-5-6-9(15)11(7-8)21-3/h5-7H,4,16H2,1-3H3,(H,17,20). The highest BCUT2D eigenvalue weighted by Gasteiger charge is 2.19. The number of carbonyl (C=O) groups excluding carboxylic acids is 1. The number of carbonyl (C=O) groups is 1. The summed E-state index contributed by atoms with van der Waals surface area (Å²) in [5, 5.41) is 7.04. The molecule has 2 rings (SSSR count). The fourth-order valence-electron chi connectivity index (χ4n) is 2.05. The van der Waals surface area contributed by atoms with Crippen LogP contribution in [0.4, 0.5) is 11.4 Å². The number of ether oxygens (including phenoxy) is 1. The number of amides is 1. The Morgan fingerprint density at radius 2 is 2.24 bits per heavy atom. The Bertz CT molecular complexity index is 682. The van der Waals surface area contributed by atoms with Crippen molar-refractivity contribution in [1.82, 2.24) is 9.78 Å². The maximum Gasteiger partial charge on any atom is 0.276 e. The van der Waals surface area contributed by atoms with E-state index < -0.39 is 0 Å². The van der Waals surface area contributed by atoms with Gasteiger partial charge in [-0.05, 0) is 34.5 Å². The third-order valence-electron chi connectivity index (χ3n) is 3.12. The molecule has 0 bridgehead atoms. The van der Waals surface area contributed by atoms with E-state index in [1.54, 1.807) is 32.4 Å². The minimum atomic E-state index is -0.299. The second kappa shape index (κ2) is 6.17. The summed E-state index contributed by atoms with van der Waals surface area (Å²) < 4.78 is 7.52. The average molecular weight is 353 g/mol. The molecule has 1 heterocycles. The van der Waals surface area contributed by atoms with Crippen LogP contribution in [0.25, 0.3) is 0 Å². The van der Waals surface area contributed by atoms with Crippen LogP contribution < -0.4 is 15.8 Å². The van der Waals surface area contributed by atoms with Gasteiger partial charge in [-0.15, -0.1) is 0 Å². The van der Waals surface area contributed by atoms with E-state index >= 15 is 0 Å². The van der Waals surface area contributed by atoms with E-state index in [0.717, 1.165) is 10.2 Å². The molecule has 0 aliphatic rings. The molecule has 3 N–H and O–H groups in total. The lowest BCUT2D eigenvalue weighted by atomic mass is 10.2. The van der Waals surface area contributed by atoms with Gasteiger partial charge in [0.1, 0.15) is 11.4 Å². The van der Waals surface area contributed by atoms with Crippen LogP contribution in [0.5, 0.6) is 5.75 Å². The van der Waals surface area contributed by atoms with Gasteiger partial charge in [0.25, 0.3) is 5.91 Å². The van der Waals surface area contributed by atoms with Crippen LogP contribution in [-0.4, -0.2) is 22.8 Å². The van der Waals surface area contributed by atoms with Gasteiger partial charge >= 0.3 is 0 Å². The van der Waals surface area contributed by atoms with Gasteiger partial charge in [-0.25, -0.2) is 0 Å². The van der Waals surface area contributed by atoms with Crippen LogP contribution in [0.15, 0.2) is 22.7 Å². The highest BCUT2D eigenvalue weighted by Crippen LogP contribution is 2.28. The van der Waals surface area contributed by atoms with Gasteiger partial charge in [0, 0.05) is 18.8 Å². The lowest BCUT2D eigenvalue weighted by Crippen LogP contribution is -2.17. The first-order valence-corrected chi connectivity index (χ1v) is 7.23. The Hall–Kier alpha value is -2.02. The molecule has 0 aliphatic carbocycles. The summed E-state index contributed by atoms with van der Waals surface area (Å²) in [6.45, 7) is 1.94. The first-order valence-electron chi connectivity index (χ1n) is 6.44. The molecular weight excluding hydrogens is 336 g/mol. The first-order chi connectivity index (χ1) is 9.97. The Labute approximate surface area is 131 Å². The van der Waals surface area contributed by atoms with Crippen LogP contribution in [0.1, 0.15) is 23.1 Å². The number of nitrogen functional groups attached to an aromatic ring is 1. The predicted molar refractivity (Wildman–Crippen MR) is 85.6 cm³/mol. The summed E-state index contributed by atoms with van der Waals surface area (Å²) in [6, 6.07) is 5.31. The number of hydrogen-bond acceptors (Lipinski definition) is 4. The van der Waals surface area contributed by atoms with Crippen LogP contribution >= 0.6 is 15.9 Å². The molecule has 0 atom stereocenters. The minimum absolute atomic E-state index is 0.299. The number of nitrogens with zero attached hydrogens (tertiary/aromatic N) is 2. The SMILES string of the molecule is CCc1nn(C)c(C(=O)Nc2ccc(Br)c(OC)c2)c1N. The number of methoxy groups -OCH3 is 1. The topological polar surface area (TPSA) is 82.2 Å². The molecule has 0 saturated heterocycles. The van der Waals surface area contributed by atoms with Crippen molar-refractivity contribution in [1.29, 1.82) is 0 Å². The highest BCUT2D eigenvalue weighted by molar-refractivity contribution is 9.10. The largest absolute Gasteiger partial charge is 0.495 e. The summed E-state index contributed by atoms with van der Waals surface area (Å²) in [4.78, 5) is 12.4. The van der Waals surface area contributed by atoms with Gasteiger partial charge in [0.15, 0.2) is 0 Å². The maximum absolute atomic E-state index is 12.4. The summed E-state index contributed by atoms with van der Waals surface area (Å²) in [5.41, 5.74) is 8.09. The molecule has 0 aliphatic heterocycles. The summed E-state index contributed by atoms with van der Waals surface area (Å²) in [6.07, 6.45) is 0.680. The molecule has 0 radical (unpaired) electrons. The minimum Gasteiger partial charge on any atom is -0.495 e. The molecule has 0 spiro atoms. The molecule has 1 aromatic carbocycles. The third kappa shape index (κ3) is 3.02. The zero-order valence-corrected chi connectivity index (χ0v) is 13.7. The van der Waals surface area contributed by atoms with Crippen molar-refractivity contribution in [3.05, 3.63) is 34.1 Å². The number of anilines is 2. The van der Waals surface area contributed by atoms with Crippen molar-refractivity contribution in [3.8, 4) is 5.75 Å². The molecule has 1 amide bonds.